The Balaban J connectivity index is 1.65. The number of imide groups is 2. The van der Waals surface area contributed by atoms with Crippen LogP contribution in [0.3, 0.4) is 0 Å². The molecule has 0 aromatic heterocycles. The number of barbiturate groups is 1. The predicted octanol–water partition coefficient (Wildman–Crippen LogP) is 5.76. The zero-order valence-electron chi connectivity index (χ0n) is 19.9. The van der Waals surface area contributed by atoms with Gasteiger partial charge in [0.2, 0.25) is 0 Å². The molecule has 0 bridgehead atoms. The summed E-state index contributed by atoms with van der Waals surface area (Å²) in [6.07, 6.45) is 1.40. The molecule has 1 N–H and O–H groups in total. The summed E-state index contributed by atoms with van der Waals surface area (Å²) in [5.74, 6) is -0.119. The summed E-state index contributed by atoms with van der Waals surface area (Å²) < 4.78 is 17.4. The van der Waals surface area contributed by atoms with Gasteiger partial charge in [0.15, 0.2) is 11.5 Å². The zero-order chi connectivity index (χ0) is 26.5. The van der Waals surface area contributed by atoms with E-state index in [-0.39, 0.29) is 12.2 Å². The van der Waals surface area contributed by atoms with Gasteiger partial charge in [0.1, 0.15) is 17.9 Å². The summed E-state index contributed by atoms with van der Waals surface area (Å²) in [6, 6.07) is 16.2. The number of urea groups is 1. The van der Waals surface area contributed by atoms with E-state index < -0.39 is 17.8 Å². The minimum atomic E-state index is -0.835. The van der Waals surface area contributed by atoms with Crippen LogP contribution in [0.5, 0.6) is 17.2 Å². The van der Waals surface area contributed by atoms with Gasteiger partial charge in [-0.15, -0.1) is 0 Å². The minimum Gasteiger partial charge on any atom is -0.497 e. The summed E-state index contributed by atoms with van der Waals surface area (Å²) >= 11 is 9.56. The van der Waals surface area contributed by atoms with E-state index in [2.05, 4.69) is 21.2 Å². The van der Waals surface area contributed by atoms with Crippen LogP contribution in [0, 0.1) is 0 Å². The van der Waals surface area contributed by atoms with Gasteiger partial charge in [0.25, 0.3) is 11.8 Å². The van der Waals surface area contributed by atoms with Gasteiger partial charge in [-0.3, -0.25) is 14.9 Å². The molecular weight excluding hydrogens is 564 g/mol. The highest BCUT2D eigenvalue weighted by molar-refractivity contribution is 9.10. The molecule has 0 atom stereocenters. The lowest BCUT2D eigenvalue weighted by Crippen LogP contribution is -2.54. The maximum atomic E-state index is 13.2. The molecule has 3 aromatic carbocycles. The largest absolute Gasteiger partial charge is 0.497 e. The number of hydrogen-bond acceptors (Lipinski definition) is 6. The molecule has 37 heavy (non-hydrogen) atoms. The fraction of sp³-hybridized carbons (Fsp3) is 0.148. The highest BCUT2D eigenvalue weighted by Gasteiger charge is 2.37. The van der Waals surface area contributed by atoms with E-state index in [1.54, 1.807) is 48.5 Å². The average Bonchev–Trinajstić information content (AvgIpc) is 2.86. The van der Waals surface area contributed by atoms with Crippen LogP contribution in [0.2, 0.25) is 5.02 Å². The normalized spacial score (nSPS) is 14.5. The number of ether oxygens (including phenoxy) is 3. The van der Waals surface area contributed by atoms with E-state index >= 15 is 0 Å². The van der Waals surface area contributed by atoms with Crippen LogP contribution in [-0.4, -0.2) is 31.6 Å². The second-order valence-electron chi connectivity index (χ2n) is 7.84. The molecular formula is C27H22BrClN2O6. The Hall–Kier alpha value is -3.82. The Bertz CT molecular complexity index is 1390. The lowest BCUT2D eigenvalue weighted by atomic mass is 10.1. The number of carbonyl (C=O) groups excluding carboxylic acids is 3. The summed E-state index contributed by atoms with van der Waals surface area (Å²) in [6.45, 7) is 2.44. The summed E-state index contributed by atoms with van der Waals surface area (Å²) in [4.78, 5) is 39.2. The molecule has 8 nitrogen and oxygen atoms in total. The third-order valence-electron chi connectivity index (χ3n) is 5.35. The molecule has 0 radical (unpaired) electrons. The topological polar surface area (TPSA) is 94.2 Å². The van der Waals surface area contributed by atoms with Gasteiger partial charge in [0.05, 0.1) is 23.9 Å². The van der Waals surface area contributed by atoms with Gasteiger partial charge in [-0.1, -0.05) is 23.7 Å². The van der Waals surface area contributed by atoms with E-state index in [1.807, 2.05) is 19.1 Å². The average molecular weight is 586 g/mol. The highest BCUT2D eigenvalue weighted by atomic mass is 79.9. The molecule has 1 aliphatic rings. The Morgan fingerprint density at radius 1 is 1.03 bits per heavy atom. The predicted molar refractivity (Wildman–Crippen MR) is 143 cm³/mol. The van der Waals surface area contributed by atoms with Crippen molar-refractivity contribution in [2.75, 3.05) is 18.6 Å². The molecule has 1 aliphatic heterocycles. The van der Waals surface area contributed by atoms with Gasteiger partial charge in [-0.05, 0) is 88.6 Å². The quantitative estimate of drug-likeness (QED) is 0.267. The Labute approximate surface area is 226 Å². The molecule has 0 spiro atoms. The van der Waals surface area contributed by atoms with Gasteiger partial charge in [-0.25, -0.2) is 9.69 Å². The van der Waals surface area contributed by atoms with Crippen molar-refractivity contribution in [3.05, 3.63) is 86.9 Å². The number of nitrogens with zero attached hydrogens (tertiary/aromatic N) is 1. The molecule has 0 saturated carbocycles. The SMILES string of the molecule is CCOc1cc(/C=C2\C(=O)NC(=O)N(c3ccc(OC)cc3)C2=O)cc(Br)c1OCc1cccc(Cl)c1. The number of amides is 4. The molecule has 1 heterocycles. The van der Waals surface area contributed by atoms with Crippen molar-refractivity contribution in [2.45, 2.75) is 13.5 Å². The van der Waals surface area contributed by atoms with Gasteiger partial charge in [-0.2, -0.15) is 0 Å². The maximum Gasteiger partial charge on any atom is 0.335 e. The van der Waals surface area contributed by atoms with Crippen LogP contribution in [0.1, 0.15) is 18.1 Å². The van der Waals surface area contributed by atoms with Crippen LogP contribution in [0.15, 0.2) is 70.7 Å². The first-order valence-electron chi connectivity index (χ1n) is 11.2. The number of hydrogen-bond donors (Lipinski definition) is 1. The highest BCUT2D eigenvalue weighted by Crippen LogP contribution is 2.38. The van der Waals surface area contributed by atoms with Crippen molar-refractivity contribution in [2.24, 2.45) is 0 Å². The molecule has 1 fully saturated rings. The monoisotopic (exact) mass is 584 g/mol. The van der Waals surface area contributed by atoms with E-state index in [4.69, 9.17) is 25.8 Å². The smallest absolute Gasteiger partial charge is 0.335 e. The Kier molecular flexibility index (Phi) is 8.15. The van der Waals surface area contributed by atoms with Crippen molar-refractivity contribution >= 4 is 57.1 Å². The van der Waals surface area contributed by atoms with Crippen LogP contribution in [0.4, 0.5) is 10.5 Å². The van der Waals surface area contributed by atoms with Crippen LogP contribution < -0.4 is 24.4 Å². The molecule has 10 heteroatoms. The molecule has 190 valence electrons. The van der Waals surface area contributed by atoms with Crippen LogP contribution in [0.25, 0.3) is 6.08 Å². The second-order valence-corrected chi connectivity index (χ2v) is 9.13. The van der Waals surface area contributed by atoms with E-state index in [1.165, 1.54) is 13.2 Å². The first-order valence-corrected chi connectivity index (χ1v) is 12.4. The van der Waals surface area contributed by atoms with Crippen molar-refractivity contribution in [1.82, 2.24) is 5.32 Å². The van der Waals surface area contributed by atoms with Crippen molar-refractivity contribution in [3.63, 3.8) is 0 Å². The first-order chi connectivity index (χ1) is 17.8. The van der Waals surface area contributed by atoms with Crippen molar-refractivity contribution in [3.8, 4) is 17.2 Å². The fourth-order valence-electron chi connectivity index (χ4n) is 3.65. The van der Waals surface area contributed by atoms with Gasteiger partial charge in [0, 0.05) is 5.02 Å². The van der Waals surface area contributed by atoms with Crippen LogP contribution >= 0.6 is 27.5 Å². The third-order valence-corrected chi connectivity index (χ3v) is 6.17. The number of methoxy groups -OCH3 is 1. The molecule has 4 amide bonds. The molecule has 3 aromatic rings. The molecule has 1 saturated heterocycles. The van der Waals surface area contributed by atoms with Crippen molar-refractivity contribution < 1.29 is 28.6 Å². The van der Waals surface area contributed by atoms with E-state index in [0.29, 0.717) is 44.6 Å². The van der Waals surface area contributed by atoms with Crippen LogP contribution in [-0.2, 0) is 16.2 Å². The second kappa shape index (κ2) is 11.5. The number of halogens is 2. The molecule has 4 rings (SSSR count). The van der Waals surface area contributed by atoms with E-state index in [9.17, 15) is 14.4 Å². The fourth-order valence-corrected chi connectivity index (χ4v) is 4.43. The minimum absolute atomic E-state index is 0.211. The number of anilines is 1. The lowest BCUT2D eigenvalue weighted by molar-refractivity contribution is -0.122. The van der Waals surface area contributed by atoms with E-state index in [0.717, 1.165) is 10.5 Å². The number of carbonyl (C=O) groups is 3. The van der Waals surface area contributed by atoms with Gasteiger partial charge >= 0.3 is 6.03 Å². The summed E-state index contributed by atoms with van der Waals surface area (Å²) in [7, 11) is 1.51. The lowest BCUT2D eigenvalue weighted by Gasteiger charge is -2.26. The van der Waals surface area contributed by atoms with Gasteiger partial charge < -0.3 is 14.2 Å². The molecule has 0 aliphatic carbocycles. The summed E-state index contributed by atoms with van der Waals surface area (Å²) in [5, 5.41) is 2.82. The standard InChI is InChI=1S/C27H22BrClN2O6/c1-3-36-23-14-17(13-22(28)24(23)37-15-16-5-4-6-18(29)11-16)12-21-25(32)30-27(34)31(26(21)33)19-7-9-20(35-2)10-8-19/h4-14H,3,15H2,1-2H3,(H,30,32,34)/b21-12+. The van der Waals surface area contributed by atoms with Crippen molar-refractivity contribution in [1.29, 1.82) is 0 Å². The Morgan fingerprint density at radius 3 is 2.46 bits per heavy atom. The molecule has 0 unspecified atom stereocenters. The zero-order valence-corrected chi connectivity index (χ0v) is 22.3. The summed E-state index contributed by atoms with van der Waals surface area (Å²) in [5.41, 5.74) is 1.45. The maximum absolute atomic E-state index is 13.2. The number of benzene rings is 3. The number of nitrogens with one attached hydrogen (secondary N) is 1. The first kappa shape index (κ1) is 26.2. The third kappa shape index (κ3) is 5.95. The number of rotatable bonds is 8. The Morgan fingerprint density at radius 2 is 1.78 bits per heavy atom.